The van der Waals surface area contributed by atoms with Gasteiger partial charge in [-0.15, -0.1) is 0 Å². The zero-order valence-electron chi connectivity index (χ0n) is 28.8. The molecule has 0 aliphatic heterocycles. The molecule has 0 bridgehead atoms. The Morgan fingerprint density at radius 3 is 2.16 bits per heavy atom. The number of nitrogens with one attached hydrogen (secondary N) is 2. The summed E-state index contributed by atoms with van der Waals surface area (Å²) in [6.07, 6.45) is 2.96. The summed E-state index contributed by atoms with van der Waals surface area (Å²) in [5, 5.41) is 2.95. The zero-order valence-corrected chi connectivity index (χ0v) is 29.6. The van der Waals surface area contributed by atoms with E-state index in [9.17, 15) is 13.2 Å². The number of hydrogen-bond donors (Lipinski definition) is 2. The molecule has 0 saturated carbocycles. The number of hydrogen-bond acceptors (Lipinski definition) is 10. The van der Waals surface area contributed by atoms with E-state index in [0.717, 1.165) is 11.1 Å². The number of amides is 1. The van der Waals surface area contributed by atoms with Crippen LogP contribution in [-0.4, -0.2) is 48.0 Å². The molecule has 0 aliphatic rings. The minimum Gasteiger partial charge on any atom is -0.493 e. The highest BCUT2D eigenvalue weighted by atomic mass is 32.2. The normalized spacial score (nSPS) is 11.6. The van der Waals surface area contributed by atoms with Crippen LogP contribution in [0.25, 0.3) is 11.6 Å². The summed E-state index contributed by atoms with van der Waals surface area (Å²) in [5.74, 6) is 0.0520. The number of sulfonamides is 1. The maximum absolute atomic E-state index is 13.8. The van der Waals surface area contributed by atoms with Crippen LogP contribution in [0.4, 0.5) is 11.5 Å². The first-order valence-electron chi connectivity index (χ1n) is 16.0. The van der Waals surface area contributed by atoms with Crippen LogP contribution in [0.5, 0.6) is 23.1 Å². The number of carbonyl (C=O) groups excluding carboxylic acids is 1. The first-order chi connectivity index (χ1) is 23.9. The SMILES string of the molecule is COc1ccccc1Oc1c(NS(=O)(=O)c2ccc(C(C)(C)C)cc2)nc(-c2ncccn2)nc1OCCC(=O)Nc1ccccc1C(C)C. The highest BCUT2D eigenvalue weighted by molar-refractivity contribution is 7.92. The minimum atomic E-state index is -4.21. The predicted molar refractivity (Wildman–Crippen MR) is 191 cm³/mol. The highest BCUT2D eigenvalue weighted by Crippen LogP contribution is 2.41. The third-order valence-electron chi connectivity index (χ3n) is 7.57. The molecular weight excluding hydrogens is 657 g/mol. The van der Waals surface area contributed by atoms with E-state index in [2.05, 4.69) is 30.0 Å². The summed E-state index contributed by atoms with van der Waals surface area (Å²) in [4.78, 5) is 30.6. The van der Waals surface area contributed by atoms with Crippen LogP contribution in [0, 0.1) is 0 Å². The monoisotopic (exact) mass is 696 g/mol. The van der Waals surface area contributed by atoms with Crippen molar-refractivity contribution in [1.82, 2.24) is 19.9 Å². The first kappa shape index (κ1) is 35.7. The topological polar surface area (TPSA) is 155 Å². The Kier molecular flexibility index (Phi) is 11.0. The first-order valence-corrected chi connectivity index (χ1v) is 17.5. The number of benzene rings is 3. The molecule has 2 N–H and O–H groups in total. The van der Waals surface area contributed by atoms with Crippen molar-refractivity contribution < 1.29 is 27.4 Å². The summed E-state index contributed by atoms with van der Waals surface area (Å²) in [6.45, 7) is 10.1. The molecular formula is C37H40N6O6S. The van der Waals surface area contributed by atoms with Gasteiger partial charge in [-0.25, -0.2) is 23.4 Å². The fourth-order valence-corrected chi connectivity index (χ4v) is 5.91. The van der Waals surface area contributed by atoms with Gasteiger partial charge in [-0.2, -0.15) is 4.98 Å². The van der Waals surface area contributed by atoms with Crippen molar-refractivity contribution in [3.8, 4) is 34.8 Å². The van der Waals surface area contributed by atoms with Crippen molar-refractivity contribution >= 4 is 27.4 Å². The van der Waals surface area contributed by atoms with Crippen molar-refractivity contribution in [3.05, 3.63) is 102 Å². The average Bonchev–Trinajstić information content (AvgIpc) is 3.09. The fourth-order valence-electron chi connectivity index (χ4n) is 4.90. The second-order valence-electron chi connectivity index (χ2n) is 12.6. The second-order valence-corrected chi connectivity index (χ2v) is 14.3. The minimum absolute atomic E-state index is 0.00526. The van der Waals surface area contributed by atoms with Crippen LogP contribution >= 0.6 is 0 Å². The maximum Gasteiger partial charge on any atom is 0.263 e. The van der Waals surface area contributed by atoms with Gasteiger partial charge in [-0.1, -0.05) is 77.1 Å². The van der Waals surface area contributed by atoms with E-state index in [-0.39, 0.29) is 70.0 Å². The number of methoxy groups -OCH3 is 1. The summed E-state index contributed by atoms with van der Waals surface area (Å²) >= 11 is 0. The number of para-hydroxylation sites is 3. The van der Waals surface area contributed by atoms with Crippen LogP contribution in [0.2, 0.25) is 0 Å². The number of aromatic nitrogens is 4. The maximum atomic E-state index is 13.8. The smallest absolute Gasteiger partial charge is 0.263 e. The van der Waals surface area contributed by atoms with E-state index in [4.69, 9.17) is 14.2 Å². The Bertz CT molecular complexity index is 2050. The number of rotatable bonds is 13. The standard InChI is InChI=1S/C37H40N6O6S/c1-24(2)27-12-7-8-13-28(27)40-31(44)20-23-48-36-32(49-30-15-10-9-14-29(30)47-6)33(41-35(42-36)34-38-21-11-22-39-34)43-50(45,46)26-18-16-25(17-19-26)37(3,4)5/h7-19,21-22,24H,20,23H2,1-6H3,(H,40,44)(H,41,42,43). The zero-order chi connectivity index (χ0) is 35.9. The van der Waals surface area contributed by atoms with Crippen molar-refractivity contribution in [3.63, 3.8) is 0 Å². The molecule has 1 amide bonds. The lowest BCUT2D eigenvalue weighted by Gasteiger charge is -2.20. The van der Waals surface area contributed by atoms with E-state index in [0.29, 0.717) is 11.4 Å². The molecule has 0 aliphatic carbocycles. The predicted octanol–water partition coefficient (Wildman–Crippen LogP) is 7.36. The Labute approximate surface area is 292 Å². The number of ether oxygens (including phenoxy) is 3. The van der Waals surface area contributed by atoms with Gasteiger partial charge < -0.3 is 19.5 Å². The van der Waals surface area contributed by atoms with Crippen LogP contribution in [-0.2, 0) is 20.2 Å². The lowest BCUT2D eigenvalue weighted by atomic mass is 9.87. The van der Waals surface area contributed by atoms with Gasteiger partial charge in [0.15, 0.2) is 23.1 Å². The van der Waals surface area contributed by atoms with Crippen LogP contribution in [0.1, 0.15) is 58.1 Å². The summed E-state index contributed by atoms with van der Waals surface area (Å²) < 4.78 is 48.0. The van der Waals surface area contributed by atoms with E-state index in [1.807, 2.05) is 58.9 Å². The molecule has 0 fully saturated rings. The molecule has 5 rings (SSSR count). The molecule has 0 atom stereocenters. The molecule has 3 aromatic carbocycles. The Morgan fingerprint density at radius 2 is 1.50 bits per heavy atom. The van der Waals surface area contributed by atoms with E-state index < -0.39 is 10.0 Å². The fraction of sp³-hybridized carbons (Fsp3) is 0.270. The molecule has 5 aromatic rings. The van der Waals surface area contributed by atoms with Crippen LogP contribution < -0.4 is 24.2 Å². The summed E-state index contributed by atoms with van der Waals surface area (Å²) in [7, 11) is -2.73. The van der Waals surface area contributed by atoms with Gasteiger partial charge >= 0.3 is 0 Å². The molecule has 12 nitrogen and oxygen atoms in total. The molecule has 2 heterocycles. The van der Waals surface area contributed by atoms with Crippen LogP contribution in [0.3, 0.4) is 0 Å². The molecule has 50 heavy (non-hydrogen) atoms. The van der Waals surface area contributed by atoms with E-state index in [1.54, 1.807) is 42.5 Å². The Balaban J connectivity index is 1.53. The number of anilines is 2. The Morgan fingerprint density at radius 1 is 0.840 bits per heavy atom. The van der Waals surface area contributed by atoms with Crippen molar-refractivity contribution in [2.45, 2.75) is 57.3 Å². The molecule has 0 spiro atoms. The van der Waals surface area contributed by atoms with Gasteiger partial charge in [-0.3, -0.25) is 9.52 Å². The lowest BCUT2D eigenvalue weighted by molar-refractivity contribution is -0.116. The van der Waals surface area contributed by atoms with Crippen molar-refractivity contribution in [1.29, 1.82) is 0 Å². The van der Waals surface area contributed by atoms with Crippen LogP contribution in [0.15, 0.2) is 96.2 Å². The molecule has 0 saturated heterocycles. The number of nitrogens with zero attached hydrogens (tertiary/aromatic N) is 4. The third-order valence-corrected chi connectivity index (χ3v) is 8.92. The van der Waals surface area contributed by atoms with Gasteiger partial charge in [-0.05, 0) is 58.9 Å². The van der Waals surface area contributed by atoms with Gasteiger partial charge in [0.05, 0.1) is 25.0 Å². The second kappa shape index (κ2) is 15.3. The lowest BCUT2D eigenvalue weighted by Crippen LogP contribution is -2.18. The van der Waals surface area contributed by atoms with E-state index >= 15 is 0 Å². The van der Waals surface area contributed by atoms with Gasteiger partial charge in [0, 0.05) is 18.1 Å². The summed E-state index contributed by atoms with van der Waals surface area (Å²) in [6, 6.07) is 22.6. The van der Waals surface area contributed by atoms with Gasteiger partial charge in [0.25, 0.3) is 15.9 Å². The van der Waals surface area contributed by atoms with Gasteiger partial charge in [0.2, 0.25) is 17.5 Å². The molecule has 260 valence electrons. The molecule has 13 heteroatoms. The quantitative estimate of drug-likeness (QED) is 0.128. The molecule has 0 radical (unpaired) electrons. The van der Waals surface area contributed by atoms with Gasteiger partial charge in [0.1, 0.15) is 0 Å². The number of carbonyl (C=O) groups is 1. The molecule has 0 unspecified atom stereocenters. The highest BCUT2D eigenvalue weighted by Gasteiger charge is 2.27. The Hall–Kier alpha value is -5.56. The van der Waals surface area contributed by atoms with Crippen molar-refractivity contribution in [2.75, 3.05) is 23.8 Å². The van der Waals surface area contributed by atoms with E-state index in [1.165, 1.54) is 31.6 Å². The third kappa shape index (κ3) is 8.72. The largest absolute Gasteiger partial charge is 0.493 e. The molecule has 2 aromatic heterocycles. The average molecular weight is 697 g/mol. The summed E-state index contributed by atoms with van der Waals surface area (Å²) in [5.41, 5.74) is 2.51. The van der Waals surface area contributed by atoms with Crippen molar-refractivity contribution in [2.24, 2.45) is 0 Å².